The average molecular weight is 252 g/mol. The number of amides is 1. The van der Waals surface area contributed by atoms with Crippen molar-refractivity contribution in [3.8, 4) is 5.75 Å². The van der Waals surface area contributed by atoms with Crippen molar-refractivity contribution in [3.05, 3.63) is 24.3 Å². The number of anilines is 1. The first-order valence-electron chi connectivity index (χ1n) is 5.97. The zero-order valence-electron chi connectivity index (χ0n) is 10.6. The zero-order chi connectivity index (χ0) is 13.4. The van der Waals surface area contributed by atoms with Gasteiger partial charge in [0.25, 0.3) is 0 Å². The first kappa shape index (κ1) is 14.3. The van der Waals surface area contributed by atoms with E-state index in [1.807, 2.05) is 6.92 Å². The summed E-state index contributed by atoms with van der Waals surface area (Å²) in [6, 6.07) is 7.08. The number of nitrogens with two attached hydrogens (primary N) is 1. The number of benzene rings is 1. The van der Waals surface area contributed by atoms with E-state index in [1.54, 1.807) is 24.3 Å². The molecular weight excluding hydrogens is 232 g/mol. The number of carbonyl (C=O) groups is 1. The molecule has 5 nitrogen and oxygen atoms in total. The Bertz CT molecular complexity index is 382. The van der Waals surface area contributed by atoms with E-state index in [2.05, 4.69) is 5.32 Å². The lowest BCUT2D eigenvalue weighted by Crippen LogP contribution is -2.30. The Morgan fingerprint density at radius 1 is 1.56 bits per heavy atom. The van der Waals surface area contributed by atoms with Gasteiger partial charge in [-0.15, -0.1) is 0 Å². The van der Waals surface area contributed by atoms with Gasteiger partial charge in [0.05, 0.1) is 13.0 Å². The molecule has 100 valence electrons. The van der Waals surface area contributed by atoms with Crippen LogP contribution in [0.4, 0.5) is 5.69 Å². The summed E-state index contributed by atoms with van der Waals surface area (Å²) in [5, 5.41) is 11.5. The lowest BCUT2D eigenvalue weighted by atomic mass is 10.2. The third-order valence-corrected chi connectivity index (χ3v) is 2.42. The molecule has 0 spiro atoms. The molecule has 4 N–H and O–H groups in total. The van der Waals surface area contributed by atoms with Gasteiger partial charge in [0, 0.05) is 24.9 Å². The molecule has 1 atom stereocenters. The predicted octanol–water partition coefficient (Wildman–Crippen LogP) is 0.782. The van der Waals surface area contributed by atoms with E-state index in [0.717, 1.165) is 0 Å². The highest BCUT2D eigenvalue weighted by atomic mass is 16.5. The Morgan fingerprint density at radius 2 is 2.33 bits per heavy atom. The maximum absolute atomic E-state index is 11.4. The average Bonchev–Trinajstić information content (AvgIpc) is 2.36. The van der Waals surface area contributed by atoms with Gasteiger partial charge in [-0.05, 0) is 18.1 Å². The van der Waals surface area contributed by atoms with Gasteiger partial charge in [0.1, 0.15) is 5.75 Å². The summed E-state index contributed by atoms with van der Waals surface area (Å²) in [6.07, 6.45) is 0.285. The lowest BCUT2D eigenvalue weighted by molar-refractivity contribution is -0.121. The minimum atomic E-state index is -0.0841. The number of rotatable bonds is 7. The van der Waals surface area contributed by atoms with Crippen LogP contribution in [-0.4, -0.2) is 30.8 Å². The molecular formula is C13H20N2O3. The summed E-state index contributed by atoms with van der Waals surface area (Å²) in [4.78, 5) is 11.4. The molecule has 1 unspecified atom stereocenters. The fourth-order valence-corrected chi connectivity index (χ4v) is 1.31. The topological polar surface area (TPSA) is 84.6 Å². The summed E-state index contributed by atoms with van der Waals surface area (Å²) in [5.74, 6) is 0.648. The zero-order valence-corrected chi connectivity index (χ0v) is 10.6. The third-order valence-electron chi connectivity index (χ3n) is 2.42. The van der Waals surface area contributed by atoms with E-state index in [1.165, 1.54) is 0 Å². The largest absolute Gasteiger partial charge is 0.493 e. The van der Waals surface area contributed by atoms with Crippen LogP contribution >= 0.6 is 0 Å². The molecule has 5 heteroatoms. The van der Waals surface area contributed by atoms with E-state index < -0.39 is 0 Å². The van der Waals surface area contributed by atoms with Gasteiger partial charge in [0.15, 0.2) is 0 Å². The van der Waals surface area contributed by atoms with Crippen molar-refractivity contribution < 1.29 is 14.6 Å². The number of carbonyl (C=O) groups excluding carboxylic acids is 1. The first-order valence-corrected chi connectivity index (χ1v) is 5.97. The van der Waals surface area contributed by atoms with Gasteiger partial charge in [-0.2, -0.15) is 0 Å². The maximum atomic E-state index is 11.4. The number of nitrogens with one attached hydrogen (secondary N) is 1. The molecule has 1 rings (SSSR count). The van der Waals surface area contributed by atoms with E-state index in [-0.39, 0.29) is 24.9 Å². The molecule has 0 saturated heterocycles. The molecule has 18 heavy (non-hydrogen) atoms. The van der Waals surface area contributed by atoms with Gasteiger partial charge in [0.2, 0.25) is 5.91 Å². The summed E-state index contributed by atoms with van der Waals surface area (Å²) in [5.41, 5.74) is 6.24. The van der Waals surface area contributed by atoms with Crippen molar-refractivity contribution in [1.29, 1.82) is 0 Å². The summed E-state index contributed by atoms with van der Waals surface area (Å²) < 4.78 is 5.40. The minimum absolute atomic E-state index is 0.0695. The number of aliphatic hydroxyl groups excluding tert-OH is 1. The normalized spacial score (nSPS) is 11.9. The molecule has 0 fully saturated rings. The number of hydrogen-bond acceptors (Lipinski definition) is 4. The molecule has 0 saturated carbocycles. The van der Waals surface area contributed by atoms with E-state index in [9.17, 15) is 4.79 Å². The highest BCUT2D eigenvalue weighted by molar-refractivity contribution is 5.75. The molecule has 0 bridgehead atoms. The molecule has 1 aromatic carbocycles. The Morgan fingerprint density at radius 3 is 3.00 bits per heavy atom. The van der Waals surface area contributed by atoms with E-state index in [4.69, 9.17) is 15.6 Å². The molecule has 1 aromatic rings. The summed E-state index contributed by atoms with van der Waals surface area (Å²) in [7, 11) is 0. The first-order chi connectivity index (χ1) is 8.61. The molecule has 0 aliphatic heterocycles. The van der Waals surface area contributed by atoms with Crippen molar-refractivity contribution in [1.82, 2.24) is 5.32 Å². The van der Waals surface area contributed by atoms with Crippen molar-refractivity contribution in [2.45, 2.75) is 13.3 Å². The molecule has 0 heterocycles. The van der Waals surface area contributed by atoms with Crippen LogP contribution in [0.1, 0.15) is 13.3 Å². The SMILES string of the molecule is CC(CO)CNC(=O)CCOc1cccc(N)c1. The number of nitrogen functional groups attached to an aromatic ring is 1. The number of aliphatic hydroxyl groups is 1. The second-order valence-corrected chi connectivity index (χ2v) is 4.26. The monoisotopic (exact) mass is 252 g/mol. The van der Waals surface area contributed by atoms with Gasteiger partial charge in [-0.3, -0.25) is 4.79 Å². The third kappa shape index (κ3) is 5.54. The molecule has 0 radical (unpaired) electrons. The van der Waals surface area contributed by atoms with E-state index >= 15 is 0 Å². The highest BCUT2D eigenvalue weighted by Gasteiger charge is 2.04. The van der Waals surface area contributed by atoms with Gasteiger partial charge >= 0.3 is 0 Å². The summed E-state index contributed by atoms with van der Waals surface area (Å²) in [6.45, 7) is 2.72. The van der Waals surface area contributed by atoms with Crippen LogP contribution in [-0.2, 0) is 4.79 Å². The second kappa shape index (κ2) is 7.55. The highest BCUT2D eigenvalue weighted by Crippen LogP contribution is 2.14. The molecule has 0 aromatic heterocycles. The van der Waals surface area contributed by atoms with Crippen molar-refractivity contribution in [3.63, 3.8) is 0 Å². The van der Waals surface area contributed by atoms with Crippen molar-refractivity contribution >= 4 is 11.6 Å². The van der Waals surface area contributed by atoms with Crippen LogP contribution < -0.4 is 15.8 Å². The van der Waals surface area contributed by atoms with Crippen LogP contribution in [0.25, 0.3) is 0 Å². The standard InChI is InChI=1S/C13H20N2O3/c1-10(9-16)8-15-13(17)5-6-18-12-4-2-3-11(14)7-12/h2-4,7,10,16H,5-6,8-9,14H2,1H3,(H,15,17). The fourth-order valence-electron chi connectivity index (χ4n) is 1.31. The molecule has 0 aliphatic carbocycles. The van der Waals surface area contributed by atoms with Crippen LogP contribution in [0.5, 0.6) is 5.75 Å². The molecule has 1 amide bonds. The van der Waals surface area contributed by atoms with Gasteiger partial charge in [-0.1, -0.05) is 13.0 Å². The Labute approximate surface area is 107 Å². The number of ether oxygens (including phenoxy) is 1. The maximum Gasteiger partial charge on any atom is 0.223 e. The lowest BCUT2D eigenvalue weighted by Gasteiger charge is -2.10. The van der Waals surface area contributed by atoms with Gasteiger partial charge in [-0.25, -0.2) is 0 Å². The molecule has 0 aliphatic rings. The van der Waals surface area contributed by atoms with Crippen molar-refractivity contribution in [2.75, 3.05) is 25.5 Å². The van der Waals surface area contributed by atoms with Crippen LogP contribution in [0, 0.1) is 5.92 Å². The Kier molecular flexibility index (Phi) is 6.00. The van der Waals surface area contributed by atoms with Gasteiger partial charge < -0.3 is 20.9 Å². The minimum Gasteiger partial charge on any atom is -0.493 e. The smallest absolute Gasteiger partial charge is 0.223 e. The number of hydrogen-bond donors (Lipinski definition) is 3. The fraction of sp³-hybridized carbons (Fsp3) is 0.462. The van der Waals surface area contributed by atoms with E-state index in [0.29, 0.717) is 24.6 Å². The van der Waals surface area contributed by atoms with Crippen molar-refractivity contribution in [2.24, 2.45) is 5.92 Å². The summed E-state index contributed by atoms with van der Waals surface area (Å²) >= 11 is 0. The predicted molar refractivity (Wildman–Crippen MR) is 70.2 cm³/mol. The van der Waals surface area contributed by atoms with Crippen LogP contribution in [0.3, 0.4) is 0 Å². The second-order valence-electron chi connectivity index (χ2n) is 4.26. The quantitative estimate of drug-likeness (QED) is 0.626. The van der Waals surface area contributed by atoms with Crippen LogP contribution in [0.15, 0.2) is 24.3 Å². The van der Waals surface area contributed by atoms with Crippen LogP contribution in [0.2, 0.25) is 0 Å². The Hall–Kier alpha value is -1.75. The Balaban J connectivity index is 2.19.